The molecule has 0 aromatic carbocycles. The van der Waals surface area contributed by atoms with Crippen LogP contribution in [0.3, 0.4) is 0 Å². The Kier molecular flexibility index (Phi) is 3.81. The minimum Gasteiger partial charge on any atom is -0.479 e. The molecule has 0 radical (unpaired) electrons. The lowest BCUT2D eigenvalue weighted by Gasteiger charge is -2.44. The van der Waals surface area contributed by atoms with Crippen molar-refractivity contribution in [2.45, 2.75) is 63.5 Å². The summed E-state index contributed by atoms with van der Waals surface area (Å²) in [6, 6.07) is 0.594. The Bertz CT molecular complexity index is 328. The smallest absolute Gasteiger partial charge is 0.334 e. The van der Waals surface area contributed by atoms with Crippen LogP contribution in [-0.2, 0) is 9.53 Å². The van der Waals surface area contributed by atoms with Gasteiger partial charge in [0.1, 0.15) is 0 Å². The molecular weight excluding hydrogens is 242 g/mol. The van der Waals surface area contributed by atoms with E-state index in [0.29, 0.717) is 24.6 Å². The van der Waals surface area contributed by atoms with E-state index in [1.807, 2.05) is 0 Å². The molecule has 2 aliphatic carbocycles. The summed E-state index contributed by atoms with van der Waals surface area (Å²) in [7, 11) is 0. The zero-order valence-electron chi connectivity index (χ0n) is 11.6. The first-order valence-corrected chi connectivity index (χ1v) is 7.77. The van der Waals surface area contributed by atoms with Crippen LogP contribution in [0.25, 0.3) is 0 Å². The number of nitrogens with zero attached hydrogens (tertiary/aromatic N) is 1. The van der Waals surface area contributed by atoms with Crippen molar-refractivity contribution < 1.29 is 14.6 Å². The average Bonchev–Trinajstić information content (AvgIpc) is 2.88. The maximum atomic E-state index is 11.0. The van der Waals surface area contributed by atoms with Crippen molar-refractivity contribution in [1.82, 2.24) is 4.90 Å². The highest BCUT2D eigenvalue weighted by atomic mass is 16.5. The van der Waals surface area contributed by atoms with Crippen LogP contribution in [-0.4, -0.2) is 47.8 Å². The molecule has 1 heterocycles. The van der Waals surface area contributed by atoms with Crippen molar-refractivity contribution in [2.24, 2.45) is 5.41 Å². The van der Waals surface area contributed by atoms with Crippen molar-refractivity contribution in [1.29, 1.82) is 0 Å². The normalized spacial score (nSPS) is 32.7. The third-order valence-electron chi connectivity index (χ3n) is 5.57. The summed E-state index contributed by atoms with van der Waals surface area (Å²) >= 11 is 0. The number of rotatable bonds is 2. The quantitative estimate of drug-likeness (QED) is 0.834. The fourth-order valence-corrected chi connectivity index (χ4v) is 4.36. The summed E-state index contributed by atoms with van der Waals surface area (Å²) in [5.74, 6) is -0.812. The average molecular weight is 267 g/mol. The first-order valence-electron chi connectivity index (χ1n) is 7.77. The predicted molar refractivity (Wildman–Crippen MR) is 72.1 cm³/mol. The molecule has 1 unspecified atom stereocenters. The van der Waals surface area contributed by atoms with Gasteiger partial charge in [0.25, 0.3) is 0 Å². The van der Waals surface area contributed by atoms with Gasteiger partial charge in [-0.15, -0.1) is 0 Å². The van der Waals surface area contributed by atoms with Crippen molar-refractivity contribution in [3.05, 3.63) is 0 Å². The van der Waals surface area contributed by atoms with Crippen LogP contribution in [0.4, 0.5) is 0 Å². The van der Waals surface area contributed by atoms with Crippen LogP contribution in [0.5, 0.6) is 0 Å². The van der Waals surface area contributed by atoms with E-state index in [0.717, 1.165) is 6.54 Å². The molecule has 0 bridgehead atoms. The van der Waals surface area contributed by atoms with Gasteiger partial charge in [-0.2, -0.15) is 0 Å². The highest BCUT2D eigenvalue weighted by molar-refractivity contribution is 5.72. The van der Waals surface area contributed by atoms with E-state index >= 15 is 0 Å². The Morgan fingerprint density at radius 1 is 1.16 bits per heavy atom. The molecule has 1 spiro atoms. The van der Waals surface area contributed by atoms with E-state index in [1.54, 1.807) is 0 Å². The first kappa shape index (κ1) is 13.4. The monoisotopic (exact) mass is 267 g/mol. The molecule has 1 N–H and O–H groups in total. The third-order valence-corrected chi connectivity index (χ3v) is 5.57. The maximum Gasteiger partial charge on any atom is 0.334 e. The lowest BCUT2D eigenvalue weighted by Crippen LogP contribution is -2.51. The second kappa shape index (κ2) is 5.41. The Morgan fingerprint density at radius 2 is 1.84 bits per heavy atom. The van der Waals surface area contributed by atoms with E-state index in [9.17, 15) is 4.79 Å². The molecule has 1 atom stereocenters. The topological polar surface area (TPSA) is 49.8 Å². The number of carboxylic acid groups (broad SMARTS) is 1. The Labute approximate surface area is 115 Å². The lowest BCUT2D eigenvalue weighted by atomic mass is 9.71. The number of carbonyl (C=O) groups is 1. The molecule has 0 amide bonds. The van der Waals surface area contributed by atoms with Crippen molar-refractivity contribution >= 4 is 5.97 Å². The number of aliphatic carboxylic acids is 1. The van der Waals surface area contributed by atoms with E-state index in [4.69, 9.17) is 9.84 Å². The molecular formula is C15H25NO3. The van der Waals surface area contributed by atoms with Crippen molar-refractivity contribution in [3.8, 4) is 0 Å². The molecule has 0 aromatic rings. The largest absolute Gasteiger partial charge is 0.479 e. The van der Waals surface area contributed by atoms with Crippen LogP contribution >= 0.6 is 0 Å². The fraction of sp³-hybridized carbons (Fsp3) is 0.933. The van der Waals surface area contributed by atoms with Gasteiger partial charge in [0, 0.05) is 19.1 Å². The molecule has 1 saturated heterocycles. The van der Waals surface area contributed by atoms with Crippen LogP contribution < -0.4 is 0 Å². The predicted octanol–water partition coefficient (Wildman–Crippen LogP) is 2.27. The standard InChI is InChI=1S/C15H25NO3/c17-14(18)13-11-16(9-10-19-13)12-3-7-15(8-4-12)5-1-2-6-15/h12-13H,1-11H2,(H,17,18). The summed E-state index contributed by atoms with van der Waals surface area (Å²) in [5, 5.41) is 9.07. The Balaban J connectivity index is 1.54. The minimum atomic E-state index is -0.812. The summed E-state index contributed by atoms with van der Waals surface area (Å²) in [4.78, 5) is 13.4. The first-order chi connectivity index (χ1) is 9.19. The third kappa shape index (κ3) is 2.79. The van der Waals surface area contributed by atoms with Gasteiger partial charge in [0.05, 0.1) is 6.61 Å². The van der Waals surface area contributed by atoms with Gasteiger partial charge in [-0.05, 0) is 43.9 Å². The van der Waals surface area contributed by atoms with Gasteiger partial charge < -0.3 is 9.84 Å². The van der Waals surface area contributed by atoms with E-state index < -0.39 is 12.1 Å². The van der Waals surface area contributed by atoms with Gasteiger partial charge in [-0.1, -0.05) is 12.8 Å². The Hall–Kier alpha value is -0.610. The number of morpholine rings is 1. The zero-order valence-corrected chi connectivity index (χ0v) is 11.6. The molecule has 3 rings (SSSR count). The number of hydrogen-bond donors (Lipinski definition) is 1. The Morgan fingerprint density at radius 3 is 2.47 bits per heavy atom. The van der Waals surface area contributed by atoms with Crippen LogP contribution in [0.2, 0.25) is 0 Å². The minimum absolute atomic E-state index is 0.568. The molecule has 108 valence electrons. The van der Waals surface area contributed by atoms with Gasteiger partial charge in [-0.25, -0.2) is 4.79 Å². The van der Waals surface area contributed by atoms with E-state index in [-0.39, 0.29) is 0 Å². The number of hydrogen-bond acceptors (Lipinski definition) is 3. The molecule has 3 aliphatic rings. The zero-order chi connectivity index (χ0) is 13.3. The number of carboxylic acids is 1. The van der Waals surface area contributed by atoms with Crippen LogP contribution in [0.15, 0.2) is 0 Å². The van der Waals surface area contributed by atoms with Gasteiger partial charge in [0.15, 0.2) is 6.10 Å². The second-order valence-electron chi connectivity index (χ2n) is 6.63. The fourth-order valence-electron chi connectivity index (χ4n) is 4.36. The SMILES string of the molecule is O=C(O)C1CN(C2CCC3(CCCC3)CC2)CCO1. The van der Waals surface area contributed by atoms with Crippen LogP contribution in [0, 0.1) is 5.41 Å². The summed E-state index contributed by atoms with van der Waals surface area (Å²) in [6.07, 6.45) is 10.3. The molecule has 19 heavy (non-hydrogen) atoms. The lowest BCUT2D eigenvalue weighted by molar-refractivity contribution is -0.157. The molecule has 0 aromatic heterocycles. The van der Waals surface area contributed by atoms with E-state index in [2.05, 4.69) is 4.90 Å². The molecule has 1 aliphatic heterocycles. The molecule has 4 heteroatoms. The van der Waals surface area contributed by atoms with Gasteiger partial charge >= 0.3 is 5.97 Å². The van der Waals surface area contributed by atoms with Crippen molar-refractivity contribution in [3.63, 3.8) is 0 Å². The molecule has 2 saturated carbocycles. The van der Waals surface area contributed by atoms with Crippen LogP contribution in [0.1, 0.15) is 51.4 Å². The van der Waals surface area contributed by atoms with Crippen molar-refractivity contribution in [2.75, 3.05) is 19.7 Å². The molecule has 3 fully saturated rings. The van der Waals surface area contributed by atoms with Gasteiger partial charge in [-0.3, -0.25) is 4.90 Å². The highest BCUT2D eigenvalue weighted by Gasteiger charge is 2.40. The summed E-state index contributed by atoms with van der Waals surface area (Å²) in [5.41, 5.74) is 0.662. The number of ether oxygens (including phenoxy) is 1. The second-order valence-corrected chi connectivity index (χ2v) is 6.63. The van der Waals surface area contributed by atoms with Gasteiger partial charge in [0.2, 0.25) is 0 Å². The maximum absolute atomic E-state index is 11.0. The summed E-state index contributed by atoms with van der Waals surface area (Å²) in [6.45, 7) is 2.05. The highest BCUT2D eigenvalue weighted by Crippen LogP contribution is 2.49. The van der Waals surface area contributed by atoms with E-state index in [1.165, 1.54) is 51.4 Å². The molecule has 4 nitrogen and oxygen atoms in total. The summed E-state index contributed by atoms with van der Waals surface area (Å²) < 4.78 is 5.31.